The number of aryl methyl sites for hydroxylation is 1. The number of pyridine rings is 1. The summed E-state index contributed by atoms with van der Waals surface area (Å²) in [5, 5.41) is 11.2. The molecule has 0 saturated heterocycles. The van der Waals surface area contributed by atoms with Crippen LogP contribution in [-0.4, -0.2) is 27.0 Å². The number of fused-ring (bicyclic) bond motifs is 1. The summed E-state index contributed by atoms with van der Waals surface area (Å²) in [7, 11) is 0. The third-order valence-electron chi connectivity index (χ3n) is 3.77. The van der Waals surface area contributed by atoms with E-state index >= 15 is 0 Å². The second-order valence-corrected chi connectivity index (χ2v) is 5.48. The number of nitrogens with zero attached hydrogens (tertiary/aromatic N) is 3. The van der Waals surface area contributed by atoms with Crippen LogP contribution >= 0.6 is 0 Å². The van der Waals surface area contributed by atoms with Gasteiger partial charge in [0.2, 0.25) is 5.91 Å². The molecule has 5 nitrogen and oxygen atoms in total. The highest BCUT2D eigenvalue weighted by Gasteiger charge is 2.06. The molecule has 0 unspecified atom stereocenters. The van der Waals surface area contributed by atoms with Crippen LogP contribution in [0.4, 0.5) is 0 Å². The Morgan fingerprint density at radius 1 is 1.00 bits per heavy atom. The molecule has 0 atom stereocenters. The average Bonchev–Trinajstić information content (AvgIpc) is 2.99. The van der Waals surface area contributed by atoms with Crippen LogP contribution in [0.1, 0.15) is 24.2 Å². The van der Waals surface area contributed by atoms with Crippen molar-refractivity contribution in [3.63, 3.8) is 0 Å². The molecule has 23 heavy (non-hydrogen) atoms. The van der Waals surface area contributed by atoms with Crippen LogP contribution in [0.5, 0.6) is 0 Å². The Kier molecular flexibility index (Phi) is 4.99. The molecular formula is C18H20N4O. The van der Waals surface area contributed by atoms with E-state index in [-0.39, 0.29) is 5.91 Å². The van der Waals surface area contributed by atoms with Crippen molar-refractivity contribution in [3.05, 3.63) is 66.1 Å². The second-order valence-electron chi connectivity index (χ2n) is 5.48. The van der Waals surface area contributed by atoms with Gasteiger partial charge in [-0.15, -0.1) is 10.2 Å². The van der Waals surface area contributed by atoms with E-state index in [4.69, 9.17) is 0 Å². The predicted octanol–water partition coefficient (Wildman–Crippen LogP) is 2.41. The number of hydrogen-bond donors (Lipinski definition) is 1. The summed E-state index contributed by atoms with van der Waals surface area (Å²) in [5.74, 6) is 0.958. The number of nitrogens with one attached hydrogen (secondary N) is 1. The third kappa shape index (κ3) is 4.16. The maximum absolute atomic E-state index is 11.9. The lowest BCUT2D eigenvalue weighted by Gasteiger charge is -2.05. The molecule has 0 aliphatic carbocycles. The maximum Gasteiger partial charge on any atom is 0.220 e. The molecule has 1 amide bonds. The van der Waals surface area contributed by atoms with Crippen molar-refractivity contribution in [3.8, 4) is 0 Å². The van der Waals surface area contributed by atoms with Crippen LogP contribution in [0.15, 0.2) is 54.7 Å². The SMILES string of the molecule is O=C(CCCc1ccccc1)NCCc1nnc2ccccn12. The van der Waals surface area contributed by atoms with Gasteiger partial charge in [0.15, 0.2) is 5.65 Å². The van der Waals surface area contributed by atoms with Gasteiger partial charge >= 0.3 is 0 Å². The molecule has 0 aliphatic heterocycles. The Labute approximate surface area is 135 Å². The van der Waals surface area contributed by atoms with Gasteiger partial charge in [0.1, 0.15) is 5.82 Å². The average molecular weight is 308 g/mol. The minimum absolute atomic E-state index is 0.0924. The number of rotatable bonds is 7. The van der Waals surface area contributed by atoms with Crippen molar-refractivity contribution < 1.29 is 4.79 Å². The molecule has 2 aromatic heterocycles. The van der Waals surface area contributed by atoms with E-state index in [1.807, 2.05) is 47.0 Å². The summed E-state index contributed by atoms with van der Waals surface area (Å²) in [6.07, 6.45) is 4.96. The van der Waals surface area contributed by atoms with Crippen LogP contribution < -0.4 is 5.32 Å². The monoisotopic (exact) mass is 308 g/mol. The number of aromatic nitrogens is 3. The second kappa shape index (κ2) is 7.54. The first-order chi connectivity index (χ1) is 11.3. The van der Waals surface area contributed by atoms with Gasteiger partial charge in [-0.3, -0.25) is 9.20 Å². The molecule has 3 aromatic rings. The topological polar surface area (TPSA) is 59.3 Å². The van der Waals surface area contributed by atoms with Gasteiger partial charge in [0.25, 0.3) is 0 Å². The Bertz CT molecular complexity index is 767. The first-order valence-electron chi connectivity index (χ1n) is 7.92. The van der Waals surface area contributed by atoms with Crippen LogP contribution in [0.3, 0.4) is 0 Å². The summed E-state index contributed by atoms with van der Waals surface area (Å²) >= 11 is 0. The molecule has 0 spiro atoms. The van der Waals surface area contributed by atoms with Crippen molar-refractivity contribution in [2.45, 2.75) is 25.7 Å². The van der Waals surface area contributed by atoms with E-state index < -0.39 is 0 Å². The quantitative estimate of drug-likeness (QED) is 0.729. The number of benzene rings is 1. The van der Waals surface area contributed by atoms with Gasteiger partial charge < -0.3 is 5.32 Å². The summed E-state index contributed by atoms with van der Waals surface area (Å²) in [4.78, 5) is 11.9. The van der Waals surface area contributed by atoms with Crippen molar-refractivity contribution in [1.29, 1.82) is 0 Å². The largest absolute Gasteiger partial charge is 0.356 e. The van der Waals surface area contributed by atoms with Gasteiger partial charge in [0, 0.05) is 25.6 Å². The summed E-state index contributed by atoms with van der Waals surface area (Å²) in [5.41, 5.74) is 2.10. The standard InChI is InChI=1S/C18H20N4O/c23-18(11-6-9-15-7-2-1-3-8-15)19-13-12-17-21-20-16-10-4-5-14-22(16)17/h1-5,7-8,10,14H,6,9,11-13H2,(H,19,23). The lowest BCUT2D eigenvalue weighted by atomic mass is 10.1. The normalized spacial score (nSPS) is 10.8. The van der Waals surface area contributed by atoms with E-state index in [0.29, 0.717) is 19.4 Å². The van der Waals surface area contributed by atoms with E-state index in [2.05, 4.69) is 27.6 Å². The lowest BCUT2D eigenvalue weighted by molar-refractivity contribution is -0.121. The maximum atomic E-state index is 11.9. The van der Waals surface area contributed by atoms with Gasteiger partial charge in [-0.25, -0.2) is 0 Å². The molecule has 2 heterocycles. The highest BCUT2D eigenvalue weighted by atomic mass is 16.1. The fourth-order valence-corrected chi connectivity index (χ4v) is 2.56. The molecule has 1 N–H and O–H groups in total. The minimum atomic E-state index is 0.0924. The zero-order valence-electron chi connectivity index (χ0n) is 13.0. The highest BCUT2D eigenvalue weighted by Crippen LogP contribution is 2.05. The Morgan fingerprint density at radius 2 is 1.83 bits per heavy atom. The molecule has 1 aromatic carbocycles. The van der Waals surface area contributed by atoms with Crippen molar-refractivity contribution in [1.82, 2.24) is 19.9 Å². The number of hydrogen-bond acceptors (Lipinski definition) is 3. The van der Waals surface area contributed by atoms with E-state index in [1.54, 1.807) is 0 Å². The molecule has 3 rings (SSSR count). The number of carbonyl (C=O) groups excluding carboxylic acids is 1. The smallest absolute Gasteiger partial charge is 0.220 e. The predicted molar refractivity (Wildman–Crippen MR) is 89.1 cm³/mol. The Morgan fingerprint density at radius 3 is 2.70 bits per heavy atom. The van der Waals surface area contributed by atoms with Crippen LogP contribution in [0.25, 0.3) is 5.65 Å². The molecule has 0 radical (unpaired) electrons. The van der Waals surface area contributed by atoms with Gasteiger partial charge in [-0.1, -0.05) is 36.4 Å². The number of carbonyl (C=O) groups is 1. The minimum Gasteiger partial charge on any atom is -0.356 e. The summed E-state index contributed by atoms with van der Waals surface area (Å²) < 4.78 is 1.95. The zero-order chi connectivity index (χ0) is 15.9. The molecule has 118 valence electrons. The number of amides is 1. The van der Waals surface area contributed by atoms with Gasteiger partial charge in [-0.2, -0.15) is 0 Å². The molecule has 0 fully saturated rings. The molecular weight excluding hydrogens is 288 g/mol. The highest BCUT2D eigenvalue weighted by molar-refractivity contribution is 5.75. The first-order valence-corrected chi connectivity index (χ1v) is 7.92. The fourth-order valence-electron chi connectivity index (χ4n) is 2.56. The molecule has 0 bridgehead atoms. The van der Waals surface area contributed by atoms with Crippen molar-refractivity contribution in [2.24, 2.45) is 0 Å². The van der Waals surface area contributed by atoms with Crippen molar-refractivity contribution in [2.75, 3.05) is 6.54 Å². The van der Waals surface area contributed by atoms with E-state index in [0.717, 1.165) is 24.3 Å². The summed E-state index contributed by atoms with van der Waals surface area (Å²) in [6.45, 7) is 0.583. The molecule has 0 saturated carbocycles. The van der Waals surface area contributed by atoms with E-state index in [9.17, 15) is 4.79 Å². The first kappa shape index (κ1) is 15.2. The lowest BCUT2D eigenvalue weighted by Crippen LogP contribution is -2.26. The molecule has 5 heteroatoms. The van der Waals surface area contributed by atoms with Crippen LogP contribution in [0.2, 0.25) is 0 Å². The van der Waals surface area contributed by atoms with Crippen molar-refractivity contribution >= 4 is 11.6 Å². The van der Waals surface area contributed by atoms with Crippen LogP contribution in [-0.2, 0) is 17.6 Å². The Hall–Kier alpha value is -2.69. The van der Waals surface area contributed by atoms with E-state index in [1.165, 1.54) is 5.56 Å². The zero-order valence-corrected chi connectivity index (χ0v) is 13.0. The van der Waals surface area contributed by atoms with Crippen LogP contribution in [0, 0.1) is 0 Å². The van der Waals surface area contributed by atoms with Gasteiger partial charge in [-0.05, 0) is 30.5 Å². The third-order valence-corrected chi connectivity index (χ3v) is 3.77. The fraction of sp³-hybridized carbons (Fsp3) is 0.278. The summed E-state index contributed by atoms with van der Waals surface area (Å²) in [6, 6.07) is 16.0. The van der Waals surface area contributed by atoms with Gasteiger partial charge in [0.05, 0.1) is 0 Å². The molecule has 0 aliphatic rings. The Balaban J connectivity index is 1.39.